The SMILES string of the molecule is CCCN(CCC(C)CC)/C(N)=C/C=C\N. The molecule has 94 valence electrons. The van der Waals surface area contributed by atoms with E-state index >= 15 is 0 Å². The Labute approximate surface area is 100 Å². The highest BCUT2D eigenvalue weighted by molar-refractivity contribution is 5.08. The van der Waals surface area contributed by atoms with Gasteiger partial charge in [-0.25, -0.2) is 0 Å². The van der Waals surface area contributed by atoms with Gasteiger partial charge in [0.05, 0.1) is 5.82 Å². The predicted octanol–water partition coefficient (Wildman–Crippen LogP) is 2.41. The van der Waals surface area contributed by atoms with Crippen molar-refractivity contribution in [3.63, 3.8) is 0 Å². The first kappa shape index (κ1) is 14.9. The van der Waals surface area contributed by atoms with Crippen LogP contribution in [0.3, 0.4) is 0 Å². The van der Waals surface area contributed by atoms with Crippen LogP contribution in [0.15, 0.2) is 24.2 Å². The Balaban J connectivity index is 4.25. The maximum atomic E-state index is 6.00. The van der Waals surface area contributed by atoms with Crippen LogP contribution in [0.1, 0.15) is 40.0 Å². The van der Waals surface area contributed by atoms with Crippen LogP contribution in [0.5, 0.6) is 0 Å². The Kier molecular flexibility index (Phi) is 8.49. The molecular weight excluding hydrogens is 198 g/mol. The minimum absolute atomic E-state index is 0.761. The molecule has 0 bridgehead atoms. The van der Waals surface area contributed by atoms with E-state index in [1.165, 1.54) is 19.0 Å². The van der Waals surface area contributed by atoms with Gasteiger partial charge in [0.2, 0.25) is 0 Å². The van der Waals surface area contributed by atoms with Crippen molar-refractivity contribution in [2.75, 3.05) is 13.1 Å². The summed E-state index contributed by atoms with van der Waals surface area (Å²) in [6.45, 7) is 8.72. The van der Waals surface area contributed by atoms with Crippen molar-refractivity contribution in [2.45, 2.75) is 40.0 Å². The van der Waals surface area contributed by atoms with Crippen LogP contribution in [-0.2, 0) is 0 Å². The Morgan fingerprint density at radius 2 is 2.00 bits per heavy atom. The van der Waals surface area contributed by atoms with Gasteiger partial charge in [0.25, 0.3) is 0 Å². The zero-order chi connectivity index (χ0) is 12.4. The Morgan fingerprint density at radius 3 is 2.50 bits per heavy atom. The van der Waals surface area contributed by atoms with Crippen molar-refractivity contribution in [1.29, 1.82) is 0 Å². The third-order valence-electron chi connectivity index (χ3n) is 2.83. The Hall–Kier alpha value is -1.12. The van der Waals surface area contributed by atoms with Crippen LogP contribution in [0.2, 0.25) is 0 Å². The monoisotopic (exact) mass is 225 g/mol. The molecule has 0 aliphatic rings. The molecule has 0 aromatic carbocycles. The second-order valence-electron chi connectivity index (χ2n) is 4.27. The molecular formula is C13H27N3. The molecule has 0 aliphatic heterocycles. The maximum absolute atomic E-state index is 6.00. The van der Waals surface area contributed by atoms with E-state index in [4.69, 9.17) is 11.5 Å². The molecule has 0 aromatic rings. The molecule has 0 fully saturated rings. The topological polar surface area (TPSA) is 55.3 Å². The van der Waals surface area contributed by atoms with E-state index in [-0.39, 0.29) is 0 Å². The van der Waals surface area contributed by atoms with Gasteiger partial charge in [-0.1, -0.05) is 27.2 Å². The molecule has 0 aromatic heterocycles. The van der Waals surface area contributed by atoms with E-state index in [9.17, 15) is 0 Å². The normalized spacial score (nSPS) is 14.3. The number of hydrogen-bond donors (Lipinski definition) is 2. The molecule has 3 nitrogen and oxygen atoms in total. The summed E-state index contributed by atoms with van der Waals surface area (Å²) in [6, 6.07) is 0. The maximum Gasteiger partial charge on any atom is 0.0986 e. The molecule has 0 rings (SSSR count). The number of allylic oxidation sites excluding steroid dienone is 2. The number of nitrogens with two attached hydrogens (primary N) is 2. The Bertz CT molecular complexity index is 221. The number of nitrogens with zero attached hydrogens (tertiary/aromatic N) is 1. The fourth-order valence-corrected chi connectivity index (χ4v) is 1.48. The summed E-state index contributed by atoms with van der Waals surface area (Å²) in [6.07, 6.45) is 8.68. The largest absolute Gasteiger partial charge is 0.405 e. The molecule has 0 saturated carbocycles. The molecule has 0 amide bonds. The molecule has 0 spiro atoms. The van der Waals surface area contributed by atoms with Gasteiger partial charge in [-0.05, 0) is 37.1 Å². The highest BCUT2D eigenvalue weighted by Crippen LogP contribution is 2.10. The first-order valence-electron chi connectivity index (χ1n) is 6.24. The van der Waals surface area contributed by atoms with E-state index in [1.54, 1.807) is 6.08 Å². The summed E-state index contributed by atoms with van der Waals surface area (Å²) in [5.41, 5.74) is 11.3. The van der Waals surface area contributed by atoms with Crippen molar-refractivity contribution < 1.29 is 0 Å². The number of hydrogen-bond acceptors (Lipinski definition) is 3. The van der Waals surface area contributed by atoms with Crippen LogP contribution < -0.4 is 11.5 Å². The smallest absolute Gasteiger partial charge is 0.0986 e. The molecule has 0 saturated heterocycles. The van der Waals surface area contributed by atoms with Crippen LogP contribution in [0.25, 0.3) is 0 Å². The summed E-state index contributed by atoms with van der Waals surface area (Å²) < 4.78 is 0. The summed E-state index contributed by atoms with van der Waals surface area (Å²) in [7, 11) is 0. The van der Waals surface area contributed by atoms with Crippen molar-refractivity contribution in [2.24, 2.45) is 17.4 Å². The molecule has 0 heterocycles. The second-order valence-corrected chi connectivity index (χ2v) is 4.27. The van der Waals surface area contributed by atoms with E-state index in [2.05, 4.69) is 25.7 Å². The van der Waals surface area contributed by atoms with Gasteiger partial charge in [-0.15, -0.1) is 0 Å². The number of rotatable bonds is 8. The first-order chi connectivity index (χ1) is 7.65. The fraction of sp³-hybridized carbons (Fsp3) is 0.692. The molecule has 1 atom stereocenters. The second kappa shape index (κ2) is 9.13. The van der Waals surface area contributed by atoms with Gasteiger partial charge in [0, 0.05) is 13.1 Å². The highest BCUT2D eigenvalue weighted by Gasteiger charge is 2.06. The lowest BCUT2D eigenvalue weighted by Crippen LogP contribution is -2.30. The van der Waals surface area contributed by atoms with Crippen LogP contribution >= 0.6 is 0 Å². The first-order valence-corrected chi connectivity index (χ1v) is 6.24. The lowest BCUT2D eigenvalue weighted by Gasteiger charge is -2.25. The van der Waals surface area contributed by atoms with Gasteiger partial charge < -0.3 is 16.4 Å². The van der Waals surface area contributed by atoms with Gasteiger partial charge in [0.1, 0.15) is 0 Å². The fourth-order valence-electron chi connectivity index (χ4n) is 1.48. The van der Waals surface area contributed by atoms with E-state index < -0.39 is 0 Å². The Morgan fingerprint density at radius 1 is 1.31 bits per heavy atom. The van der Waals surface area contributed by atoms with Crippen LogP contribution in [0, 0.1) is 5.92 Å². The van der Waals surface area contributed by atoms with Gasteiger partial charge in [0.15, 0.2) is 0 Å². The lowest BCUT2D eigenvalue weighted by atomic mass is 10.1. The zero-order valence-electron chi connectivity index (χ0n) is 10.9. The summed E-state index contributed by atoms with van der Waals surface area (Å²) in [4.78, 5) is 2.23. The van der Waals surface area contributed by atoms with Crippen molar-refractivity contribution in [3.05, 3.63) is 24.2 Å². The van der Waals surface area contributed by atoms with E-state index in [1.807, 2.05) is 6.08 Å². The van der Waals surface area contributed by atoms with Gasteiger partial charge in [-0.2, -0.15) is 0 Å². The third kappa shape index (κ3) is 6.38. The molecule has 16 heavy (non-hydrogen) atoms. The minimum Gasteiger partial charge on any atom is -0.405 e. The van der Waals surface area contributed by atoms with Crippen molar-refractivity contribution >= 4 is 0 Å². The van der Waals surface area contributed by atoms with Crippen LogP contribution in [-0.4, -0.2) is 18.0 Å². The molecule has 0 aliphatic carbocycles. The van der Waals surface area contributed by atoms with Crippen molar-refractivity contribution in [1.82, 2.24) is 4.90 Å². The molecule has 0 radical (unpaired) electrons. The third-order valence-corrected chi connectivity index (χ3v) is 2.83. The average Bonchev–Trinajstić information content (AvgIpc) is 2.30. The zero-order valence-corrected chi connectivity index (χ0v) is 10.9. The molecule has 1 unspecified atom stereocenters. The summed E-state index contributed by atoms with van der Waals surface area (Å²) >= 11 is 0. The van der Waals surface area contributed by atoms with Crippen molar-refractivity contribution in [3.8, 4) is 0 Å². The highest BCUT2D eigenvalue weighted by atomic mass is 15.2. The predicted molar refractivity (Wildman–Crippen MR) is 71.5 cm³/mol. The lowest BCUT2D eigenvalue weighted by molar-refractivity contribution is 0.309. The van der Waals surface area contributed by atoms with E-state index in [0.717, 1.165) is 31.2 Å². The molecule has 3 heteroatoms. The summed E-state index contributed by atoms with van der Waals surface area (Å²) in [5.74, 6) is 1.57. The molecule has 4 N–H and O–H groups in total. The standard InChI is InChI=1S/C13H27N3/c1-4-10-16(11-8-12(3)5-2)13(15)7-6-9-14/h6-7,9,12H,4-5,8,10-11,14-15H2,1-3H3/b9-6-,13-7+. The van der Waals surface area contributed by atoms with Gasteiger partial charge in [-0.3, -0.25) is 0 Å². The quantitative estimate of drug-likeness (QED) is 0.624. The van der Waals surface area contributed by atoms with Gasteiger partial charge >= 0.3 is 0 Å². The van der Waals surface area contributed by atoms with Crippen LogP contribution in [0.4, 0.5) is 0 Å². The minimum atomic E-state index is 0.761. The average molecular weight is 225 g/mol. The summed E-state index contributed by atoms with van der Waals surface area (Å²) in [5, 5.41) is 0. The van der Waals surface area contributed by atoms with E-state index in [0.29, 0.717) is 0 Å².